The van der Waals surface area contributed by atoms with E-state index in [1.165, 1.54) is 0 Å². The molecule has 0 amide bonds. The molecule has 0 aromatic rings. The first-order valence-corrected chi connectivity index (χ1v) is 2.91. The van der Waals surface area contributed by atoms with Crippen LogP contribution in [-0.2, 0) is 0 Å². The lowest BCUT2D eigenvalue weighted by Crippen LogP contribution is -2.38. The van der Waals surface area contributed by atoms with E-state index in [2.05, 4.69) is 6.58 Å². The first-order chi connectivity index (χ1) is 4.63. The summed E-state index contributed by atoms with van der Waals surface area (Å²) in [6.07, 6.45) is -2.78. The summed E-state index contributed by atoms with van der Waals surface area (Å²) in [7, 11) is 0. The SMILES string of the molecule is C=CC(O)C(O)[C@@H](O)CO. The van der Waals surface area contributed by atoms with Crippen molar-refractivity contribution in [1.29, 1.82) is 0 Å². The Hall–Kier alpha value is -0.420. The van der Waals surface area contributed by atoms with Crippen molar-refractivity contribution in [3.8, 4) is 0 Å². The standard InChI is InChI=1S/C6H12O4/c1-2-4(8)6(10)5(9)3-7/h2,4-10H,1,3H2/t4?,5-,6?/m0/s1. The lowest BCUT2D eigenvalue weighted by molar-refractivity contribution is -0.0609. The van der Waals surface area contributed by atoms with Crippen molar-refractivity contribution in [2.45, 2.75) is 18.3 Å². The molecule has 0 saturated heterocycles. The summed E-state index contributed by atoms with van der Waals surface area (Å²) in [6, 6.07) is 0. The largest absolute Gasteiger partial charge is 0.394 e. The molecule has 0 rings (SSSR count). The van der Waals surface area contributed by atoms with Crippen LogP contribution in [0.1, 0.15) is 0 Å². The fourth-order valence-corrected chi connectivity index (χ4v) is 0.475. The van der Waals surface area contributed by atoms with Crippen LogP contribution in [0.5, 0.6) is 0 Å². The molecule has 0 spiro atoms. The van der Waals surface area contributed by atoms with Crippen LogP contribution < -0.4 is 0 Å². The highest BCUT2D eigenvalue weighted by Crippen LogP contribution is 1.99. The Kier molecular flexibility index (Phi) is 4.22. The minimum absolute atomic E-state index is 0.577. The fourth-order valence-electron chi connectivity index (χ4n) is 0.475. The fraction of sp³-hybridized carbons (Fsp3) is 0.667. The Labute approximate surface area is 59.1 Å². The highest BCUT2D eigenvalue weighted by molar-refractivity contribution is 4.87. The van der Waals surface area contributed by atoms with Gasteiger partial charge in [0.2, 0.25) is 0 Å². The van der Waals surface area contributed by atoms with Crippen molar-refractivity contribution in [1.82, 2.24) is 0 Å². The van der Waals surface area contributed by atoms with Crippen LogP contribution in [0.2, 0.25) is 0 Å². The van der Waals surface area contributed by atoms with E-state index in [9.17, 15) is 0 Å². The summed E-state index contributed by atoms with van der Waals surface area (Å²) in [5.41, 5.74) is 0. The van der Waals surface area contributed by atoms with Gasteiger partial charge in [-0.2, -0.15) is 0 Å². The van der Waals surface area contributed by atoms with E-state index in [0.29, 0.717) is 0 Å². The van der Waals surface area contributed by atoms with Crippen LogP contribution >= 0.6 is 0 Å². The third kappa shape index (κ3) is 2.45. The number of aliphatic hydroxyl groups is 4. The Morgan fingerprint density at radius 3 is 2.10 bits per heavy atom. The van der Waals surface area contributed by atoms with E-state index in [0.717, 1.165) is 6.08 Å². The predicted octanol–water partition coefficient (Wildman–Crippen LogP) is -1.75. The summed E-state index contributed by atoms with van der Waals surface area (Å²) < 4.78 is 0. The maximum atomic E-state index is 8.85. The summed E-state index contributed by atoms with van der Waals surface area (Å²) in [4.78, 5) is 0. The zero-order valence-corrected chi connectivity index (χ0v) is 5.51. The van der Waals surface area contributed by atoms with E-state index in [1.807, 2.05) is 0 Å². The van der Waals surface area contributed by atoms with Gasteiger partial charge >= 0.3 is 0 Å². The van der Waals surface area contributed by atoms with Gasteiger partial charge in [0.1, 0.15) is 18.3 Å². The molecule has 2 unspecified atom stereocenters. The molecule has 0 fully saturated rings. The Morgan fingerprint density at radius 2 is 1.80 bits per heavy atom. The maximum Gasteiger partial charge on any atom is 0.112 e. The molecule has 4 nitrogen and oxygen atoms in total. The third-order valence-electron chi connectivity index (χ3n) is 1.17. The molecular weight excluding hydrogens is 136 g/mol. The monoisotopic (exact) mass is 148 g/mol. The second-order valence-electron chi connectivity index (χ2n) is 1.97. The lowest BCUT2D eigenvalue weighted by atomic mass is 10.1. The topological polar surface area (TPSA) is 80.9 Å². The van der Waals surface area contributed by atoms with E-state index in [-0.39, 0.29) is 0 Å². The van der Waals surface area contributed by atoms with Gasteiger partial charge in [-0.15, -0.1) is 6.58 Å². The summed E-state index contributed by atoms with van der Waals surface area (Å²) in [6.45, 7) is 2.62. The average Bonchev–Trinajstić information content (AvgIpc) is 2.00. The van der Waals surface area contributed by atoms with Crippen LogP contribution in [0.3, 0.4) is 0 Å². The molecule has 0 aliphatic carbocycles. The molecular formula is C6H12O4. The normalized spacial score (nSPS) is 19.6. The number of hydrogen-bond donors (Lipinski definition) is 4. The highest BCUT2D eigenvalue weighted by Gasteiger charge is 2.20. The predicted molar refractivity (Wildman–Crippen MR) is 35.3 cm³/mol. The zero-order valence-electron chi connectivity index (χ0n) is 5.51. The van der Waals surface area contributed by atoms with Crippen LogP contribution in [-0.4, -0.2) is 45.3 Å². The molecule has 4 N–H and O–H groups in total. The van der Waals surface area contributed by atoms with Crippen molar-refractivity contribution in [3.63, 3.8) is 0 Å². The van der Waals surface area contributed by atoms with Crippen LogP contribution in [0, 0.1) is 0 Å². The average molecular weight is 148 g/mol. The van der Waals surface area contributed by atoms with Crippen molar-refractivity contribution in [3.05, 3.63) is 12.7 Å². The van der Waals surface area contributed by atoms with E-state index >= 15 is 0 Å². The molecule has 0 saturated carbocycles. The molecule has 0 heterocycles. The van der Waals surface area contributed by atoms with Crippen LogP contribution in [0.15, 0.2) is 12.7 Å². The first kappa shape index (κ1) is 9.58. The Balaban J connectivity index is 3.80. The molecule has 10 heavy (non-hydrogen) atoms. The Bertz CT molecular complexity index is 104. The summed E-state index contributed by atoms with van der Waals surface area (Å²) in [5.74, 6) is 0. The molecule has 0 aliphatic heterocycles. The molecule has 0 aliphatic rings. The second kappa shape index (κ2) is 4.40. The molecule has 60 valence electrons. The minimum atomic E-state index is -1.36. The molecule has 4 heteroatoms. The molecule has 0 radical (unpaired) electrons. The lowest BCUT2D eigenvalue weighted by Gasteiger charge is -2.18. The van der Waals surface area contributed by atoms with E-state index < -0.39 is 24.9 Å². The van der Waals surface area contributed by atoms with Gasteiger partial charge in [-0.1, -0.05) is 6.08 Å². The van der Waals surface area contributed by atoms with Gasteiger partial charge < -0.3 is 20.4 Å². The zero-order chi connectivity index (χ0) is 8.15. The van der Waals surface area contributed by atoms with Crippen molar-refractivity contribution >= 4 is 0 Å². The minimum Gasteiger partial charge on any atom is -0.394 e. The quantitative estimate of drug-likeness (QED) is 0.356. The Morgan fingerprint density at radius 1 is 1.30 bits per heavy atom. The van der Waals surface area contributed by atoms with Gasteiger partial charge in [0.05, 0.1) is 6.61 Å². The van der Waals surface area contributed by atoms with Gasteiger partial charge in [-0.3, -0.25) is 0 Å². The number of aliphatic hydroxyl groups excluding tert-OH is 4. The van der Waals surface area contributed by atoms with Crippen LogP contribution in [0.4, 0.5) is 0 Å². The van der Waals surface area contributed by atoms with E-state index in [1.54, 1.807) is 0 Å². The van der Waals surface area contributed by atoms with Gasteiger partial charge in [-0.25, -0.2) is 0 Å². The highest BCUT2D eigenvalue weighted by atomic mass is 16.4. The second-order valence-corrected chi connectivity index (χ2v) is 1.97. The maximum absolute atomic E-state index is 8.85. The van der Waals surface area contributed by atoms with Gasteiger partial charge in [-0.05, 0) is 0 Å². The molecule has 0 bridgehead atoms. The molecule has 3 atom stereocenters. The smallest absolute Gasteiger partial charge is 0.112 e. The van der Waals surface area contributed by atoms with Crippen molar-refractivity contribution in [2.75, 3.05) is 6.61 Å². The third-order valence-corrected chi connectivity index (χ3v) is 1.17. The first-order valence-electron chi connectivity index (χ1n) is 2.91. The van der Waals surface area contributed by atoms with Gasteiger partial charge in [0.25, 0.3) is 0 Å². The van der Waals surface area contributed by atoms with Crippen molar-refractivity contribution in [2.24, 2.45) is 0 Å². The summed E-state index contributed by atoms with van der Waals surface area (Å²) >= 11 is 0. The number of hydrogen-bond acceptors (Lipinski definition) is 4. The number of rotatable bonds is 4. The van der Waals surface area contributed by atoms with E-state index in [4.69, 9.17) is 20.4 Å². The summed E-state index contributed by atoms with van der Waals surface area (Å²) in [5, 5.41) is 34.7. The van der Waals surface area contributed by atoms with Gasteiger partial charge in [0, 0.05) is 0 Å². The molecule has 0 aromatic heterocycles. The van der Waals surface area contributed by atoms with Crippen molar-refractivity contribution < 1.29 is 20.4 Å². The molecule has 0 aromatic carbocycles. The van der Waals surface area contributed by atoms with Gasteiger partial charge in [0.15, 0.2) is 0 Å². The van der Waals surface area contributed by atoms with Crippen LogP contribution in [0.25, 0.3) is 0 Å².